The van der Waals surface area contributed by atoms with Gasteiger partial charge in [0.25, 0.3) is 5.89 Å². The molecule has 31 heavy (non-hydrogen) atoms. The van der Waals surface area contributed by atoms with Gasteiger partial charge in [0.15, 0.2) is 17.2 Å². The maximum absolute atomic E-state index is 14.5. The van der Waals surface area contributed by atoms with E-state index in [1.165, 1.54) is 25.3 Å². The van der Waals surface area contributed by atoms with Gasteiger partial charge in [-0.3, -0.25) is 4.79 Å². The van der Waals surface area contributed by atoms with E-state index in [-0.39, 0.29) is 27.2 Å². The summed E-state index contributed by atoms with van der Waals surface area (Å²) in [4.78, 5) is 28.1. The molecule has 0 radical (unpaired) electrons. The van der Waals surface area contributed by atoms with Crippen LogP contribution >= 0.6 is 11.3 Å². The minimum Gasteiger partial charge on any atom is -0.478 e. The maximum atomic E-state index is 14.5. The average molecular weight is 446 g/mol. The number of carboxylic acid groups (broad SMARTS) is 1. The number of allylic oxidation sites excluding steroid dienone is 4. The van der Waals surface area contributed by atoms with Gasteiger partial charge in [-0.2, -0.15) is 0 Å². The number of benzene rings is 1. The number of hydrogen-bond donors (Lipinski definition) is 2. The van der Waals surface area contributed by atoms with Gasteiger partial charge in [0.05, 0.1) is 5.57 Å². The monoisotopic (exact) mass is 446 g/mol. The summed E-state index contributed by atoms with van der Waals surface area (Å²) < 4.78 is 47.1. The van der Waals surface area contributed by atoms with E-state index in [1.54, 1.807) is 0 Å². The van der Waals surface area contributed by atoms with Gasteiger partial charge < -0.3 is 14.8 Å². The van der Waals surface area contributed by atoms with Gasteiger partial charge in [-0.15, -0.1) is 17.8 Å². The van der Waals surface area contributed by atoms with Gasteiger partial charge in [-0.1, -0.05) is 5.92 Å². The van der Waals surface area contributed by atoms with Gasteiger partial charge >= 0.3 is 11.9 Å². The van der Waals surface area contributed by atoms with Crippen LogP contribution in [0.1, 0.15) is 40.5 Å². The summed E-state index contributed by atoms with van der Waals surface area (Å²) in [5.41, 5.74) is -1.15. The van der Waals surface area contributed by atoms with E-state index in [2.05, 4.69) is 10.3 Å². The van der Waals surface area contributed by atoms with Crippen LogP contribution in [-0.4, -0.2) is 22.0 Å². The lowest BCUT2D eigenvalue weighted by Gasteiger charge is -2.06. The number of carboxylic acids is 1. The molecule has 0 bridgehead atoms. The third-order valence-electron chi connectivity index (χ3n) is 4.04. The smallest absolute Gasteiger partial charge is 0.339 e. The van der Waals surface area contributed by atoms with E-state index in [0.29, 0.717) is 0 Å². The normalized spacial score (nSPS) is 11.6. The summed E-state index contributed by atoms with van der Waals surface area (Å²) >= 11 is 0.741. The van der Waals surface area contributed by atoms with E-state index < -0.39 is 46.4 Å². The number of terminal acetylenes is 1. The number of hydrogen-bond acceptors (Lipinski definition) is 5. The fourth-order valence-corrected chi connectivity index (χ4v) is 3.53. The van der Waals surface area contributed by atoms with Crippen molar-refractivity contribution in [1.29, 1.82) is 0 Å². The zero-order valence-corrected chi connectivity index (χ0v) is 16.9. The molecule has 0 aliphatic carbocycles. The lowest BCUT2D eigenvalue weighted by atomic mass is 10.0. The van der Waals surface area contributed by atoms with Crippen molar-refractivity contribution in [3.05, 3.63) is 63.6 Å². The number of rotatable bonds is 5. The van der Waals surface area contributed by atoms with Crippen LogP contribution in [0, 0.1) is 18.2 Å². The molecular formula is C21H13F3N2O4S. The molecule has 0 atom stereocenters. The fourth-order valence-electron chi connectivity index (χ4n) is 2.59. The highest BCUT2D eigenvalue weighted by atomic mass is 32.1. The van der Waals surface area contributed by atoms with Gasteiger partial charge in [-0.25, -0.2) is 22.9 Å². The zero-order valence-electron chi connectivity index (χ0n) is 16.0. The Bertz CT molecular complexity index is 1320. The number of carbonyl (C=O) groups is 2. The summed E-state index contributed by atoms with van der Waals surface area (Å²) in [7, 11) is 0. The molecule has 0 spiro atoms. The van der Waals surface area contributed by atoms with E-state index in [9.17, 15) is 27.9 Å². The van der Waals surface area contributed by atoms with Crippen molar-refractivity contribution in [3.63, 3.8) is 0 Å². The van der Waals surface area contributed by atoms with Crippen LogP contribution in [0.15, 0.2) is 45.2 Å². The highest BCUT2D eigenvalue weighted by Gasteiger charge is 2.26. The number of carbonyl (C=O) groups excluding carboxylic acids is 1. The Morgan fingerprint density at radius 1 is 1.26 bits per heavy atom. The molecule has 2 heterocycles. The largest absolute Gasteiger partial charge is 0.478 e. The number of thiophene rings is 1. The van der Waals surface area contributed by atoms with Crippen molar-refractivity contribution in [3.8, 4) is 12.3 Å². The lowest BCUT2D eigenvalue weighted by Crippen LogP contribution is -2.14. The molecule has 0 aliphatic rings. The third kappa shape index (κ3) is 4.22. The minimum atomic E-state index is -1.52. The lowest BCUT2D eigenvalue weighted by molar-refractivity contribution is 0.0698. The number of amides is 1. The predicted octanol–water partition coefficient (Wildman–Crippen LogP) is 5.56. The molecule has 0 saturated carbocycles. The van der Waals surface area contributed by atoms with E-state index in [4.69, 9.17) is 10.8 Å². The van der Waals surface area contributed by atoms with E-state index in [0.717, 1.165) is 23.5 Å². The summed E-state index contributed by atoms with van der Waals surface area (Å²) in [6, 6.07) is 3.47. The SMILES string of the molecule is C#CC(=C(F)C(F)=C(C)C)c1csc(NC(=O)c2nc3cc(F)ccc3o2)c1C(=O)O. The van der Waals surface area contributed by atoms with Crippen molar-refractivity contribution in [2.24, 2.45) is 0 Å². The van der Waals surface area contributed by atoms with Crippen molar-refractivity contribution in [1.82, 2.24) is 4.98 Å². The van der Waals surface area contributed by atoms with Crippen molar-refractivity contribution in [2.75, 3.05) is 5.32 Å². The Morgan fingerprint density at radius 2 is 1.97 bits per heavy atom. The molecule has 6 nitrogen and oxygen atoms in total. The molecule has 1 amide bonds. The number of oxazole rings is 1. The Kier molecular flexibility index (Phi) is 5.99. The number of aromatic carboxylic acids is 1. The number of halogens is 3. The second kappa shape index (κ2) is 8.49. The van der Waals surface area contributed by atoms with Gasteiger partial charge in [0, 0.05) is 17.0 Å². The fraction of sp³-hybridized carbons (Fsp3) is 0.0952. The molecule has 1 aromatic carbocycles. The van der Waals surface area contributed by atoms with E-state index in [1.807, 2.05) is 5.92 Å². The Labute approximate surface area is 177 Å². The molecule has 10 heteroatoms. The molecular weight excluding hydrogens is 433 g/mol. The van der Waals surface area contributed by atoms with Gasteiger partial charge in [0.2, 0.25) is 0 Å². The Morgan fingerprint density at radius 3 is 2.58 bits per heavy atom. The predicted molar refractivity (Wildman–Crippen MR) is 110 cm³/mol. The zero-order chi connectivity index (χ0) is 22.9. The Hall–Kier alpha value is -3.84. The molecule has 0 aliphatic heterocycles. The first-order valence-corrected chi connectivity index (χ1v) is 9.44. The van der Waals surface area contributed by atoms with Crippen molar-refractivity contribution in [2.45, 2.75) is 13.8 Å². The first kappa shape index (κ1) is 21.9. The quantitative estimate of drug-likeness (QED) is 0.396. The number of anilines is 1. The van der Waals surface area contributed by atoms with Crippen molar-refractivity contribution >= 4 is 44.9 Å². The first-order chi connectivity index (χ1) is 14.6. The molecule has 158 valence electrons. The molecule has 0 fully saturated rings. The minimum absolute atomic E-state index is 0.0123. The third-order valence-corrected chi connectivity index (χ3v) is 4.94. The number of nitrogens with zero attached hydrogens (tertiary/aromatic N) is 1. The molecule has 0 unspecified atom stereocenters. The van der Waals surface area contributed by atoms with Crippen LogP contribution in [-0.2, 0) is 0 Å². The van der Waals surface area contributed by atoms with Crippen molar-refractivity contribution < 1.29 is 32.3 Å². The standard InChI is InChI=1S/C21H13F3N2O4S/c1-4-11(17(24)16(23)9(2)3)12-8-31-20(15(12)21(28)29)26-18(27)19-25-13-7-10(22)5-6-14(13)30-19/h1,5-8H,2-3H3,(H,26,27)(H,28,29). The maximum Gasteiger partial charge on any atom is 0.339 e. The second-order valence-corrected chi connectivity index (χ2v) is 7.27. The van der Waals surface area contributed by atoms with Gasteiger partial charge in [-0.05, 0) is 31.6 Å². The summed E-state index contributed by atoms with van der Waals surface area (Å²) in [5, 5.41) is 12.9. The number of fused-ring (bicyclic) bond motifs is 1. The molecule has 0 saturated heterocycles. The van der Waals surface area contributed by atoms with Crippen LogP contribution in [0.5, 0.6) is 0 Å². The summed E-state index contributed by atoms with van der Waals surface area (Å²) in [6.07, 6.45) is 5.30. The van der Waals surface area contributed by atoms with Crippen LogP contribution < -0.4 is 5.32 Å². The van der Waals surface area contributed by atoms with Crippen LogP contribution in [0.3, 0.4) is 0 Å². The van der Waals surface area contributed by atoms with Crippen LogP contribution in [0.25, 0.3) is 16.7 Å². The number of aromatic nitrogens is 1. The molecule has 2 aromatic heterocycles. The van der Waals surface area contributed by atoms with E-state index >= 15 is 0 Å². The molecule has 2 N–H and O–H groups in total. The highest BCUT2D eigenvalue weighted by Crippen LogP contribution is 2.36. The molecule has 3 aromatic rings. The summed E-state index contributed by atoms with van der Waals surface area (Å²) in [5.74, 6) is -4.10. The number of nitrogens with one attached hydrogen (secondary N) is 1. The topological polar surface area (TPSA) is 92.4 Å². The van der Waals surface area contributed by atoms with Crippen LogP contribution in [0.2, 0.25) is 0 Å². The first-order valence-electron chi connectivity index (χ1n) is 8.56. The highest BCUT2D eigenvalue weighted by molar-refractivity contribution is 7.15. The van der Waals surface area contributed by atoms with Crippen LogP contribution in [0.4, 0.5) is 18.2 Å². The molecule has 3 rings (SSSR count). The summed E-state index contributed by atoms with van der Waals surface area (Å²) in [6.45, 7) is 2.65. The average Bonchev–Trinajstić information content (AvgIpc) is 3.31. The second-order valence-electron chi connectivity index (χ2n) is 6.39. The Balaban J connectivity index is 2.03. The van der Waals surface area contributed by atoms with Gasteiger partial charge in [0.1, 0.15) is 21.9 Å².